The summed E-state index contributed by atoms with van der Waals surface area (Å²) in [6, 6.07) is 2.60. The van der Waals surface area contributed by atoms with Crippen LogP contribution in [-0.2, 0) is 4.43 Å². The van der Waals surface area contributed by atoms with Gasteiger partial charge in [-0.25, -0.2) is 0 Å². The summed E-state index contributed by atoms with van der Waals surface area (Å²) in [5, 5.41) is 21.4. The molecule has 0 saturated heterocycles. The summed E-state index contributed by atoms with van der Waals surface area (Å²) >= 11 is 0. The molecular weight excluding hydrogens is 386 g/mol. The van der Waals surface area contributed by atoms with Crippen molar-refractivity contribution >= 4 is 8.32 Å². The number of aliphatic hydroxyl groups excluding tert-OH is 1. The molecule has 2 unspecified atom stereocenters. The van der Waals surface area contributed by atoms with Gasteiger partial charge < -0.3 is 9.53 Å². The number of nitrogens with zero attached hydrogens (tertiary/aromatic N) is 1. The van der Waals surface area contributed by atoms with E-state index in [9.17, 15) is 10.4 Å². The molecule has 4 aliphatic rings. The molecular formula is C26H45NO2Si. The van der Waals surface area contributed by atoms with Crippen molar-refractivity contribution in [1.29, 1.82) is 5.26 Å². The second-order valence-corrected chi connectivity index (χ2v) is 18.1. The summed E-state index contributed by atoms with van der Waals surface area (Å²) in [4.78, 5) is 0. The van der Waals surface area contributed by atoms with E-state index in [1.807, 2.05) is 0 Å². The average Bonchev–Trinajstić information content (AvgIpc) is 2.96. The van der Waals surface area contributed by atoms with Crippen LogP contribution < -0.4 is 0 Å². The lowest BCUT2D eigenvalue weighted by Crippen LogP contribution is -2.59. The Balaban J connectivity index is 1.53. The van der Waals surface area contributed by atoms with E-state index in [0.29, 0.717) is 29.8 Å². The van der Waals surface area contributed by atoms with E-state index in [-0.39, 0.29) is 27.9 Å². The Morgan fingerprint density at radius 3 is 2.37 bits per heavy atom. The molecule has 0 amide bonds. The van der Waals surface area contributed by atoms with E-state index in [1.54, 1.807) is 0 Å². The molecule has 0 heterocycles. The zero-order valence-electron chi connectivity index (χ0n) is 20.5. The predicted octanol–water partition coefficient (Wildman–Crippen LogP) is 6.53. The highest BCUT2D eigenvalue weighted by atomic mass is 28.4. The van der Waals surface area contributed by atoms with E-state index in [0.717, 1.165) is 19.3 Å². The van der Waals surface area contributed by atoms with Crippen molar-refractivity contribution < 1.29 is 9.53 Å². The van der Waals surface area contributed by atoms with Crippen LogP contribution in [0.4, 0.5) is 0 Å². The van der Waals surface area contributed by atoms with Gasteiger partial charge in [0.05, 0.1) is 18.1 Å². The summed E-state index contributed by atoms with van der Waals surface area (Å²) in [7, 11) is -1.74. The molecule has 0 aliphatic heterocycles. The van der Waals surface area contributed by atoms with Gasteiger partial charge in [-0.15, -0.1) is 0 Å². The monoisotopic (exact) mass is 431 g/mol. The molecule has 9 atom stereocenters. The van der Waals surface area contributed by atoms with Crippen LogP contribution in [0.3, 0.4) is 0 Å². The van der Waals surface area contributed by atoms with Gasteiger partial charge in [0.2, 0.25) is 0 Å². The van der Waals surface area contributed by atoms with Crippen molar-refractivity contribution in [2.24, 2.45) is 40.4 Å². The van der Waals surface area contributed by atoms with Crippen LogP contribution in [0.5, 0.6) is 0 Å². The third kappa shape index (κ3) is 3.34. The van der Waals surface area contributed by atoms with Crippen LogP contribution in [0, 0.1) is 51.8 Å². The third-order valence-corrected chi connectivity index (χ3v) is 15.5. The highest BCUT2D eigenvalue weighted by Gasteiger charge is 2.63. The van der Waals surface area contributed by atoms with Gasteiger partial charge in [0.1, 0.15) is 0 Å². The van der Waals surface area contributed by atoms with Gasteiger partial charge in [0, 0.05) is 6.10 Å². The third-order valence-electron chi connectivity index (χ3n) is 11.0. The molecule has 1 N–H and O–H groups in total. The Labute approximate surface area is 186 Å². The van der Waals surface area contributed by atoms with Crippen molar-refractivity contribution in [1.82, 2.24) is 0 Å². The number of hydrogen-bond donors (Lipinski definition) is 1. The van der Waals surface area contributed by atoms with Crippen LogP contribution in [0.25, 0.3) is 0 Å². The Morgan fingerprint density at radius 1 is 1.03 bits per heavy atom. The summed E-state index contributed by atoms with van der Waals surface area (Å²) in [6.07, 6.45) is 9.29. The first-order chi connectivity index (χ1) is 13.8. The SMILES string of the molecule is CC(C)(C)[Si](C)(C)OC1CC[C@]2(C)C3[C@H](O)C[C@]4(C)[C@@H](C#N)CC[C@H]4[C@@H]3CC[C@H]2C1. The van der Waals surface area contributed by atoms with Crippen molar-refractivity contribution in [3.05, 3.63) is 0 Å². The van der Waals surface area contributed by atoms with Gasteiger partial charge in [-0.2, -0.15) is 5.26 Å². The molecule has 0 bridgehead atoms. The molecule has 4 fully saturated rings. The van der Waals surface area contributed by atoms with E-state index in [1.165, 1.54) is 32.1 Å². The summed E-state index contributed by atoms with van der Waals surface area (Å²) in [5.41, 5.74) is 0.267. The molecule has 4 aliphatic carbocycles. The molecule has 170 valence electrons. The van der Waals surface area contributed by atoms with Crippen molar-refractivity contribution in [2.45, 2.75) is 116 Å². The molecule has 4 rings (SSSR count). The van der Waals surface area contributed by atoms with Crippen molar-refractivity contribution in [2.75, 3.05) is 0 Å². The Bertz CT molecular complexity index is 709. The number of nitriles is 1. The van der Waals surface area contributed by atoms with Gasteiger partial charge in [0.15, 0.2) is 8.32 Å². The van der Waals surface area contributed by atoms with Crippen LogP contribution in [0.15, 0.2) is 0 Å². The number of aliphatic hydroxyl groups is 1. The minimum atomic E-state index is -1.74. The van der Waals surface area contributed by atoms with E-state index in [2.05, 4.69) is 53.8 Å². The van der Waals surface area contributed by atoms with Crippen LogP contribution >= 0.6 is 0 Å². The molecule has 4 saturated carbocycles. The molecule has 0 spiro atoms. The highest BCUT2D eigenvalue weighted by Crippen LogP contribution is 2.67. The first kappa shape index (κ1) is 22.8. The minimum absolute atomic E-state index is 0.0289. The summed E-state index contributed by atoms with van der Waals surface area (Å²) < 4.78 is 6.85. The maximum Gasteiger partial charge on any atom is 0.192 e. The fraction of sp³-hybridized carbons (Fsp3) is 0.962. The molecule has 0 aromatic carbocycles. The second-order valence-electron chi connectivity index (χ2n) is 13.4. The van der Waals surface area contributed by atoms with E-state index < -0.39 is 8.32 Å². The van der Waals surface area contributed by atoms with E-state index in [4.69, 9.17) is 4.43 Å². The van der Waals surface area contributed by atoms with Crippen molar-refractivity contribution in [3.63, 3.8) is 0 Å². The number of hydrogen-bond acceptors (Lipinski definition) is 3. The number of rotatable bonds is 2. The van der Waals surface area contributed by atoms with Crippen LogP contribution in [0.1, 0.15) is 86.0 Å². The molecule has 4 heteroatoms. The maximum atomic E-state index is 11.5. The zero-order chi connectivity index (χ0) is 22.1. The molecule has 3 nitrogen and oxygen atoms in total. The smallest absolute Gasteiger partial charge is 0.192 e. The fourth-order valence-corrected chi connectivity index (χ4v) is 9.66. The Morgan fingerprint density at radius 2 is 1.73 bits per heavy atom. The van der Waals surface area contributed by atoms with Gasteiger partial charge in [-0.3, -0.25) is 0 Å². The Kier molecular flexibility index (Phi) is 5.57. The maximum absolute atomic E-state index is 11.5. The molecule has 0 aromatic rings. The average molecular weight is 432 g/mol. The van der Waals surface area contributed by atoms with E-state index >= 15 is 0 Å². The van der Waals surface area contributed by atoms with Crippen molar-refractivity contribution in [3.8, 4) is 6.07 Å². The molecule has 0 radical (unpaired) electrons. The lowest BCUT2D eigenvalue weighted by atomic mass is 9.44. The lowest BCUT2D eigenvalue weighted by molar-refractivity contribution is -0.174. The van der Waals surface area contributed by atoms with Gasteiger partial charge in [0.25, 0.3) is 0 Å². The normalized spacial score (nSPS) is 49.0. The standard InChI is InChI=1S/C26H45NO2Si/c1-24(2,3)30(6,7)29-19-12-13-25(4)17(14-19)8-10-20-21-11-9-18(16-27)26(21,5)15-22(28)23(20)25/h17-23,28H,8-15H2,1-7H3/t17-,18+,19?,20-,21-,22+,23?,25-,26+/m0/s1. The highest BCUT2D eigenvalue weighted by molar-refractivity contribution is 6.74. The minimum Gasteiger partial charge on any atom is -0.414 e. The Hall–Kier alpha value is -0.373. The predicted molar refractivity (Wildman–Crippen MR) is 124 cm³/mol. The van der Waals surface area contributed by atoms with Gasteiger partial charge in [-0.05, 0) is 104 Å². The number of fused-ring (bicyclic) bond motifs is 5. The summed E-state index contributed by atoms with van der Waals surface area (Å²) in [6.45, 7) is 16.6. The topological polar surface area (TPSA) is 53.2 Å². The van der Waals surface area contributed by atoms with Gasteiger partial charge in [-0.1, -0.05) is 34.6 Å². The quantitative estimate of drug-likeness (QED) is 0.506. The first-order valence-electron chi connectivity index (χ1n) is 12.6. The van der Waals surface area contributed by atoms with Gasteiger partial charge >= 0.3 is 0 Å². The first-order valence-corrected chi connectivity index (χ1v) is 15.5. The van der Waals surface area contributed by atoms with Crippen LogP contribution in [-0.4, -0.2) is 25.6 Å². The molecule has 30 heavy (non-hydrogen) atoms. The zero-order valence-corrected chi connectivity index (χ0v) is 21.5. The lowest BCUT2D eigenvalue weighted by Gasteiger charge is -2.62. The molecule has 0 aromatic heterocycles. The largest absolute Gasteiger partial charge is 0.414 e. The second kappa shape index (κ2) is 7.32. The van der Waals surface area contributed by atoms with Crippen LogP contribution in [0.2, 0.25) is 18.1 Å². The summed E-state index contributed by atoms with van der Waals surface area (Å²) in [5.74, 6) is 2.47. The fourth-order valence-electron chi connectivity index (χ4n) is 8.26.